The van der Waals surface area contributed by atoms with Crippen molar-refractivity contribution in [1.82, 2.24) is 20.0 Å². The van der Waals surface area contributed by atoms with Crippen LogP contribution in [0.2, 0.25) is 0 Å². The van der Waals surface area contributed by atoms with Crippen LogP contribution >= 0.6 is 0 Å². The lowest BCUT2D eigenvalue weighted by Gasteiger charge is -2.17. The second kappa shape index (κ2) is 6.54. The van der Waals surface area contributed by atoms with E-state index in [1.807, 2.05) is 49.5 Å². The summed E-state index contributed by atoms with van der Waals surface area (Å²) in [6.45, 7) is 4.52. The molecule has 5 heteroatoms. The molecule has 1 fully saturated rings. The Bertz CT molecular complexity index is 675. The molecule has 1 atom stereocenters. The Kier molecular flexibility index (Phi) is 4.48. The third-order valence-electron chi connectivity index (χ3n) is 4.45. The number of amides is 1. The minimum Gasteiger partial charge on any atom is -0.338 e. The van der Waals surface area contributed by atoms with E-state index in [2.05, 4.69) is 22.0 Å². The summed E-state index contributed by atoms with van der Waals surface area (Å²) < 4.78 is 0. The molecule has 1 aromatic carbocycles. The maximum Gasteiger partial charge on any atom is 0.253 e. The van der Waals surface area contributed by atoms with E-state index in [-0.39, 0.29) is 5.91 Å². The number of likely N-dealkylation sites (tertiary alicyclic amines) is 1. The van der Waals surface area contributed by atoms with Gasteiger partial charge in [0.05, 0.1) is 6.20 Å². The molecular formula is C18H24N4O. The topological polar surface area (TPSA) is 52.2 Å². The number of carbonyl (C=O) groups is 1. The van der Waals surface area contributed by atoms with E-state index in [1.54, 1.807) is 0 Å². The van der Waals surface area contributed by atoms with Gasteiger partial charge in [-0.1, -0.05) is 12.1 Å². The number of aromatic nitrogens is 2. The smallest absolute Gasteiger partial charge is 0.253 e. The molecule has 1 aliphatic rings. The molecule has 0 aliphatic carbocycles. The number of benzene rings is 1. The molecule has 1 aromatic heterocycles. The zero-order valence-electron chi connectivity index (χ0n) is 14.0. The van der Waals surface area contributed by atoms with Gasteiger partial charge in [0.25, 0.3) is 5.91 Å². The average molecular weight is 312 g/mol. The minimum atomic E-state index is 0.126. The molecule has 1 N–H and O–H groups in total. The predicted molar refractivity (Wildman–Crippen MR) is 90.4 cm³/mol. The molecule has 0 bridgehead atoms. The van der Waals surface area contributed by atoms with Crippen molar-refractivity contribution in [3.63, 3.8) is 0 Å². The normalized spacial score (nSPS) is 17.9. The van der Waals surface area contributed by atoms with Crippen molar-refractivity contribution in [2.24, 2.45) is 0 Å². The largest absolute Gasteiger partial charge is 0.338 e. The SMILES string of the molecule is Cc1cn[nH]c1[C@H]1CCN(C(=O)c2ccc(CN(C)C)cc2)C1. The van der Waals surface area contributed by atoms with Crippen LogP contribution in [0.4, 0.5) is 0 Å². The summed E-state index contributed by atoms with van der Waals surface area (Å²) in [6.07, 6.45) is 2.84. The lowest BCUT2D eigenvalue weighted by molar-refractivity contribution is 0.0790. The van der Waals surface area contributed by atoms with E-state index >= 15 is 0 Å². The summed E-state index contributed by atoms with van der Waals surface area (Å²) in [5.74, 6) is 0.496. The van der Waals surface area contributed by atoms with Gasteiger partial charge in [-0.15, -0.1) is 0 Å². The molecular weight excluding hydrogens is 288 g/mol. The van der Waals surface area contributed by atoms with Crippen molar-refractivity contribution >= 4 is 5.91 Å². The Morgan fingerprint density at radius 2 is 2.09 bits per heavy atom. The van der Waals surface area contributed by atoms with Crippen molar-refractivity contribution in [2.75, 3.05) is 27.2 Å². The zero-order chi connectivity index (χ0) is 16.4. The molecule has 0 unspecified atom stereocenters. The maximum atomic E-state index is 12.7. The van der Waals surface area contributed by atoms with Crippen LogP contribution in [0.15, 0.2) is 30.5 Å². The van der Waals surface area contributed by atoms with Crippen LogP contribution in [0.25, 0.3) is 0 Å². The third kappa shape index (κ3) is 3.45. The molecule has 122 valence electrons. The number of aromatic amines is 1. The molecule has 1 aliphatic heterocycles. The van der Waals surface area contributed by atoms with Gasteiger partial charge in [0, 0.05) is 36.8 Å². The van der Waals surface area contributed by atoms with Crippen molar-refractivity contribution < 1.29 is 4.79 Å². The molecule has 0 saturated carbocycles. The van der Waals surface area contributed by atoms with Gasteiger partial charge in [0.2, 0.25) is 0 Å². The number of carbonyl (C=O) groups excluding carboxylic acids is 1. The first-order valence-electron chi connectivity index (χ1n) is 8.07. The molecule has 2 heterocycles. The number of hydrogen-bond acceptors (Lipinski definition) is 3. The molecule has 23 heavy (non-hydrogen) atoms. The predicted octanol–water partition coefficient (Wildman–Crippen LogP) is 2.41. The Morgan fingerprint density at radius 3 is 2.70 bits per heavy atom. The van der Waals surface area contributed by atoms with Gasteiger partial charge in [-0.05, 0) is 50.7 Å². The van der Waals surface area contributed by atoms with Gasteiger partial charge in [0.15, 0.2) is 0 Å². The molecule has 0 radical (unpaired) electrons. The quantitative estimate of drug-likeness (QED) is 0.943. The van der Waals surface area contributed by atoms with Crippen LogP contribution in [0.3, 0.4) is 0 Å². The molecule has 3 rings (SSSR count). The summed E-state index contributed by atoms with van der Waals surface area (Å²) in [6, 6.07) is 7.96. The molecule has 1 amide bonds. The van der Waals surface area contributed by atoms with Crippen LogP contribution in [0, 0.1) is 6.92 Å². The number of rotatable bonds is 4. The number of aryl methyl sites for hydroxylation is 1. The maximum absolute atomic E-state index is 12.7. The standard InChI is InChI=1S/C18H24N4O/c1-13-10-19-20-17(13)16-8-9-22(12-16)18(23)15-6-4-14(5-7-15)11-21(2)3/h4-7,10,16H,8-9,11-12H2,1-3H3,(H,19,20)/t16-/m0/s1. The summed E-state index contributed by atoms with van der Waals surface area (Å²) in [7, 11) is 4.09. The third-order valence-corrected chi connectivity index (χ3v) is 4.45. The number of H-pyrrole nitrogens is 1. The second-order valence-corrected chi connectivity index (χ2v) is 6.64. The first kappa shape index (κ1) is 15.7. The van der Waals surface area contributed by atoms with E-state index in [9.17, 15) is 4.79 Å². The number of hydrogen-bond donors (Lipinski definition) is 1. The van der Waals surface area contributed by atoms with E-state index in [4.69, 9.17) is 0 Å². The highest BCUT2D eigenvalue weighted by Gasteiger charge is 2.29. The molecule has 2 aromatic rings. The summed E-state index contributed by atoms with van der Waals surface area (Å²) in [5, 5.41) is 7.17. The fraction of sp³-hybridized carbons (Fsp3) is 0.444. The van der Waals surface area contributed by atoms with Gasteiger partial charge < -0.3 is 9.80 Å². The van der Waals surface area contributed by atoms with Crippen LogP contribution < -0.4 is 0 Å². The van der Waals surface area contributed by atoms with E-state index < -0.39 is 0 Å². The minimum absolute atomic E-state index is 0.126. The highest BCUT2D eigenvalue weighted by molar-refractivity contribution is 5.94. The van der Waals surface area contributed by atoms with E-state index in [1.165, 1.54) is 16.8 Å². The van der Waals surface area contributed by atoms with Crippen LogP contribution in [-0.2, 0) is 6.54 Å². The molecule has 5 nitrogen and oxygen atoms in total. The van der Waals surface area contributed by atoms with Gasteiger partial charge in [-0.2, -0.15) is 5.10 Å². The van der Waals surface area contributed by atoms with Crippen molar-refractivity contribution in [1.29, 1.82) is 0 Å². The van der Waals surface area contributed by atoms with Crippen molar-refractivity contribution in [2.45, 2.75) is 25.8 Å². The van der Waals surface area contributed by atoms with Crippen LogP contribution in [-0.4, -0.2) is 53.1 Å². The van der Waals surface area contributed by atoms with Crippen LogP contribution in [0.1, 0.15) is 39.5 Å². The number of nitrogens with zero attached hydrogens (tertiary/aromatic N) is 3. The second-order valence-electron chi connectivity index (χ2n) is 6.64. The Morgan fingerprint density at radius 1 is 1.35 bits per heavy atom. The van der Waals surface area contributed by atoms with Crippen LogP contribution in [0.5, 0.6) is 0 Å². The monoisotopic (exact) mass is 312 g/mol. The first-order chi connectivity index (χ1) is 11.0. The fourth-order valence-electron chi connectivity index (χ4n) is 3.25. The molecule has 0 spiro atoms. The fourth-order valence-corrected chi connectivity index (χ4v) is 3.25. The Labute approximate surface area is 137 Å². The first-order valence-corrected chi connectivity index (χ1v) is 8.07. The Hall–Kier alpha value is -2.14. The number of nitrogens with one attached hydrogen (secondary N) is 1. The highest BCUT2D eigenvalue weighted by atomic mass is 16.2. The van der Waals surface area contributed by atoms with Gasteiger partial charge in [-0.3, -0.25) is 9.89 Å². The average Bonchev–Trinajstić information content (AvgIpc) is 3.15. The van der Waals surface area contributed by atoms with Crippen molar-refractivity contribution in [3.8, 4) is 0 Å². The summed E-state index contributed by atoms with van der Waals surface area (Å²) >= 11 is 0. The zero-order valence-corrected chi connectivity index (χ0v) is 14.0. The van der Waals surface area contributed by atoms with Gasteiger partial charge in [0.1, 0.15) is 0 Å². The Balaban J connectivity index is 1.66. The summed E-state index contributed by atoms with van der Waals surface area (Å²) in [4.78, 5) is 16.7. The van der Waals surface area contributed by atoms with Gasteiger partial charge in [-0.25, -0.2) is 0 Å². The highest BCUT2D eigenvalue weighted by Crippen LogP contribution is 2.28. The van der Waals surface area contributed by atoms with Gasteiger partial charge >= 0.3 is 0 Å². The van der Waals surface area contributed by atoms with Crippen molar-refractivity contribution in [3.05, 3.63) is 52.8 Å². The van der Waals surface area contributed by atoms with E-state index in [0.717, 1.165) is 31.6 Å². The van der Waals surface area contributed by atoms with E-state index in [0.29, 0.717) is 5.92 Å². The lowest BCUT2D eigenvalue weighted by Crippen LogP contribution is -2.28. The summed E-state index contributed by atoms with van der Waals surface area (Å²) in [5.41, 5.74) is 4.34. The molecule has 1 saturated heterocycles. The lowest BCUT2D eigenvalue weighted by atomic mass is 10.0.